The molecule has 0 bridgehead atoms. The number of hydrogen-bond acceptors (Lipinski definition) is 16. The molecule has 2 heterocycles. The van der Waals surface area contributed by atoms with E-state index >= 15 is 0 Å². The van der Waals surface area contributed by atoms with Gasteiger partial charge in [-0.3, -0.25) is 20.2 Å². The summed E-state index contributed by atoms with van der Waals surface area (Å²) in [5, 5.41) is 51.4. The number of esters is 3. The van der Waals surface area contributed by atoms with Gasteiger partial charge in [0.15, 0.2) is 0 Å². The van der Waals surface area contributed by atoms with Gasteiger partial charge in [0.25, 0.3) is 17.4 Å². The summed E-state index contributed by atoms with van der Waals surface area (Å²) >= 11 is 0. The first-order valence-corrected chi connectivity index (χ1v) is 29.1. The van der Waals surface area contributed by atoms with Gasteiger partial charge in [-0.05, 0) is 109 Å². The summed E-state index contributed by atoms with van der Waals surface area (Å²) in [6, 6.07) is 33.3. The van der Waals surface area contributed by atoms with E-state index in [0.29, 0.717) is 46.4 Å². The van der Waals surface area contributed by atoms with Crippen LogP contribution in [0.2, 0.25) is 0 Å². The molecule has 2 unspecified atom stereocenters. The number of aliphatic imine (C=N–C) groups is 1. The van der Waals surface area contributed by atoms with E-state index in [-0.39, 0.29) is 51.8 Å². The largest absolute Gasteiger partial charge is 0.478 e. The number of nitro benzene ring substituents is 2. The van der Waals surface area contributed by atoms with E-state index in [1.165, 1.54) is 74.9 Å². The van der Waals surface area contributed by atoms with Crippen molar-refractivity contribution in [1.82, 2.24) is 20.9 Å². The van der Waals surface area contributed by atoms with Crippen LogP contribution in [0.1, 0.15) is 154 Å². The number of carbonyl (C=O) groups excluding carboxylic acids is 3. The van der Waals surface area contributed by atoms with Crippen molar-refractivity contribution in [3.05, 3.63) is 197 Å². The summed E-state index contributed by atoms with van der Waals surface area (Å²) in [7, 11) is 4.53. The zero-order valence-corrected chi connectivity index (χ0v) is 51.2. The van der Waals surface area contributed by atoms with Crippen molar-refractivity contribution in [2.24, 2.45) is 4.99 Å². The molecule has 20 heteroatoms. The Morgan fingerprint density at radius 1 is 0.690 bits per heavy atom. The van der Waals surface area contributed by atoms with E-state index < -0.39 is 51.2 Å². The number of carboxylic acid groups (broad SMARTS) is 1. The summed E-state index contributed by atoms with van der Waals surface area (Å²) in [6.07, 6.45) is 17.4. The monoisotopic (exact) mass is 1190 g/mol. The van der Waals surface area contributed by atoms with Gasteiger partial charge in [-0.1, -0.05) is 123 Å². The van der Waals surface area contributed by atoms with Crippen LogP contribution in [0.3, 0.4) is 0 Å². The first-order valence-electron chi connectivity index (χ1n) is 29.6. The van der Waals surface area contributed by atoms with Gasteiger partial charge in [0.2, 0.25) is 0 Å². The Kier molecular flexibility index (Phi) is 25.6. The minimum atomic E-state index is -1.22. The number of terminal acetylenes is 1. The number of benzene rings is 4. The Morgan fingerprint density at radius 2 is 1.10 bits per heavy atom. The summed E-state index contributed by atoms with van der Waals surface area (Å²) in [5.74, 6) is -4.69. The molecule has 2 aliphatic carbocycles. The van der Waals surface area contributed by atoms with Crippen molar-refractivity contribution < 1.29 is 54.8 Å². The zero-order valence-electron chi connectivity index (χ0n) is 52.2. The highest BCUT2D eigenvalue weighted by Gasteiger charge is 2.40. The van der Waals surface area contributed by atoms with Gasteiger partial charge in [0.05, 0.1) is 69.8 Å². The summed E-state index contributed by atoms with van der Waals surface area (Å²) in [4.78, 5) is 79.3. The SMILES string of the molecule is CN(CCC(c1ccccc1)c1ccccc1)CC(C)(C)O.COC(=O)C1=C(C)NC(C)=C(C(=O)O)C1c1cccc([N+](=O)[O-])c1.COC(=O)C1=C(C)NC(C)=C(C(=O)OC(=NC2CCCCC2)NC2CCCCC2)C1c1cccc([N+](=O)[O-])c1.[2H]C#C. The van der Waals surface area contributed by atoms with Gasteiger partial charge in [0, 0.05) is 65.6 Å². The molecular formula is C67H83N7O13. The Hall–Kier alpha value is -8.93. The van der Waals surface area contributed by atoms with Gasteiger partial charge in [-0.25, -0.2) is 24.2 Å². The molecule has 2 atom stereocenters. The van der Waals surface area contributed by atoms with Crippen LogP contribution in [0, 0.1) is 33.1 Å². The number of aliphatic carboxylic acids is 1. The van der Waals surface area contributed by atoms with Gasteiger partial charge in [0.1, 0.15) is 1.37 Å². The second kappa shape index (κ2) is 33.1. The first kappa shape index (κ1) is 67.2. The fourth-order valence-corrected chi connectivity index (χ4v) is 11.6. The van der Waals surface area contributed by atoms with Gasteiger partial charge >= 0.3 is 23.9 Å². The maximum absolute atomic E-state index is 13.9. The summed E-state index contributed by atoms with van der Waals surface area (Å²) < 4.78 is 21.5. The lowest BCUT2D eigenvalue weighted by Gasteiger charge is -2.31. The van der Waals surface area contributed by atoms with Crippen LogP contribution >= 0.6 is 0 Å². The molecule has 0 amide bonds. The summed E-state index contributed by atoms with van der Waals surface area (Å²) in [5.41, 5.74) is 4.73. The predicted octanol–water partition coefficient (Wildman–Crippen LogP) is 11.4. The van der Waals surface area contributed by atoms with Crippen LogP contribution in [0.5, 0.6) is 0 Å². The molecule has 464 valence electrons. The molecule has 2 saturated carbocycles. The number of nitrogens with one attached hydrogen (secondary N) is 3. The molecule has 87 heavy (non-hydrogen) atoms. The highest BCUT2D eigenvalue weighted by Crippen LogP contribution is 2.42. The second-order valence-corrected chi connectivity index (χ2v) is 22.6. The lowest BCUT2D eigenvalue weighted by atomic mass is 9.80. The number of non-ortho nitro benzene ring substituents is 2. The van der Waals surface area contributed by atoms with Gasteiger partial charge < -0.3 is 45.3 Å². The Morgan fingerprint density at radius 3 is 1.52 bits per heavy atom. The van der Waals surface area contributed by atoms with E-state index in [0.717, 1.165) is 64.3 Å². The number of nitrogens with zero attached hydrogens (tertiary/aromatic N) is 4. The number of rotatable bonds is 17. The number of nitro groups is 2. The molecule has 5 N–H and O–H groups in total. The molecule has 0 saturated heterocycles. The Labute approximate surface area is 511 Å². The number of dihydropyridines is 2. The van der Waals surface area contributed by atoms with E-state index in [4.69, 9.17) is 20.6 Å². The standard InChI is InChI=1S/C29H38N4O6.C20H27NO.C16H16N2O6.C2H2/c1-18-24(27(34)38-3)26(20-11-10-16-23(17-20)33(36)37)25(19(2)30-18)28(35)39-29(31-21-12-6-4-7-13-21)32-22-14-8-5-9-15-22;1-20(2,22)16-21(3)15-14-19(17-10-6-4-7-11-17)18-12-8-5-9-13-18;1-8-12(15(19)20)14(13(9(2)17-8)16(21)24-3)10-5-4-6-11(7-10)18(22)23;1-2/h10-11,16-17,21-22,26,30H,4-9,12-15H2,1-3H3,(H,31,32);4-13,19,22H,14-16H2,1-3H3;4-7,14,17H,1-3H3,(H,19,20);1-2H/i;;;1D. The third-order valence-electron chi connectivity index (χ3n) is 15.5. The van der Waals surface area contributed by atoms with Crippen LogP contribution in [-0.2, 0) is 33.4 Å². The highest BCUT2D eigenvalue weighted by molar-refractivity contribution is 6.03. The minimum Gasteiger partial charge on any atom is -0.478 e. The Balaban J connectivity index is 0.000000248. The van der Waals surface area contributed by atoms with Crippen LogP contribution in [0.4, 0.5) is 11.4 Å². The van der Waals surface area contributed by atoms with Crippen LogP contribution in [-0.4, -0.2) is 107 Å². The van der Waals surface area contributed by atoms with E-state index in [9.17, 15) is 49.6 Å². The third-order valence-corrected chi connectivity index (χ3v) is 15.5. The molecule has 4 aromatic rings. The lowest BCUT2D eigenvalue weighted by molar-refractivity contribution is -0.385. The molecule has 20 nitrogen and oxygen atoms in total. The number of ether oxygens (including phenoxy) is 3. The number of allylic oxidation sites excluding steroid dienone is 4. The number of carboxylic acids is 1. The van der Waals surface area contributed by atoms with Gasteiger partial charge in [-0.2, -0.15) is 0 Å². The predicted molar refractivity (Wildman–Crippen MR) is 334 cm³/mol. The molecule has 0 radical (unpaired) electrons. The number of methoxy groups -OCH3 is 2. The zero-order chi connectivity index (χ0) is 64.7. The van der Waals surface area contributed by atoms with Crippen molar-refractivity contribution in [3.63, 3.8) is 0 Å². The molecule has 4 aliphatic rings. The van der Waals surface area contributed by atoms with Crippen LogP contribution in [0.25, 0.3) is 0 Å². The van der Waals surface area contributed by atoms with E-state index in [1.807, 2.05) is 13.8 Å². The van der Waals surface area contributed by atoms with Crippen molar-refractivity contribution in [1.29, 1.82) is 0 Å². The van der Waals surface area contributed by atoms with Crippen molar-refractivity contribution >= 4 is 41.3 Å². The Bertz CT molecular complexity index is 3260. The van der Waals surface area contributed by atoms with E-state index in [2.05, 4.69) is 95.0 Å². The van der Waals surface area contributed by atoms with Crippen molar-refractivity contribution in [3.8, 4) is 12.8 Å². The average molecular weight is 1200 g/mol. The van der Waals surface area contributed by atoms with Crippen LogP contribution in [0.15, 0.2) is 159 Å². The topological polar surface area (TPSA) is 274 Å². The average Bonchev–Trinajstić information content (AvgIpc) is 1.07. The number of hydrogen-bond donors (Lipinski definition) is 5. The molecule has 0 spiro atoms. The molecule has 0 aromatic heterocycles. The molecule has 2 fully saturated rings. The van der Waals surface area contributed by atoms with Crippen LogP contribution < -0.4 is 16.0 Å². The second-order valence-electron chi connectivity index (χ2n) is 22.6. The highest BCUT2D eigenvalue weighted by atomic mass is 16.6. The fourth-order valence-electron chi connectivity index (χ4n) is 11.6. The normalized spacial score (nSPS) is 17.5. The van der Waals surface area contributed by atoms with Gasteiger partial charge in [-0.15, -0.1) is 12.8 Å². The lowest BCUT2D eigenvalue weighted by Crippen LogP contribution is -2.41. The molecule has 2 aliphatic heterocycles. The third kappa shape index (κ3) is 19.5. The number of aliphatic hydroxyl groups is 1. The minimum absolute atomic E-state index is 0.0542. The first-order chi connectivity index (χ1) is 41.9. The van der Waals surface area contributed by atoms with Crippen molar-refractivity contribution in [2.45, 2.75) is 148 Å². The maximum Gasteiger partial charge on any atom is 0.344 e. The quantitative estimate of drug-likeness (QED) is 0.0125. The molecular weight excluding hydrogens is 1110 g/mol. The number of carbonyl (C=O) groups is 4. The molecule has 4 aromatic carbocycles. The maximum atomic E-state index is 13.9. The smallest absolute Gasteiger partial charge is 0.344 e. The van der Waals surface area contributed by atoms with Crippen molar-refractivity contribution in [2.75, 3.05) is 34.4 Å². The number of likely N-dealkylation sites (N-methyl/N-ethyl adjacent to an activating group) is 1. The number of amidine groups is 1. The molecule has 8 rings (SSSR count). The fraction of sp³-hybridized carbons (Fsp3) is 0.418. The summed E-state index contributed by atoms with van der Waals surface area (Å²) in [6.45, 7) is 12.0. The van der Waals surface area contributed by atoms with E-state index in [1.54, 1.807) is 45.9 Å².